The first-order chi connectivity index (χ1) is 9.97. The molecular formula is C14H13ClN2O4. The van der Waals surface area contributed by atoms with Gasteiger partial charge in [0.05, 0.1) is 17.7 Å². The third-order valence-electron chi connectivity index (χ3n) is 2.88. The van der Waals surface area contributed by atoms with Gasteiger partial charge in [0, 0.05) is 16.7 Å². The van der Waals surface area contributed by atoms with E-state index in [9.17, 15) is 14.9 Å². The Hall–Kier alpha value is -2.34. The quantitative estimate of drug-likeness (QED) is 0.629. The number of ether oxygens (including phenoxy) is 1. The standard InChI is InChI=1S/C14H13ClN2O4/c1-10-8-12(17(19)20)9-16(14(10)18)6-7-21-13-4-2-11(15)3-5-13/h2-5,8-9H,6-7H2,1H3. The Morgan fingerprint density at radius 3 is 2.62 bits per heavy atom. The van der Waals surface area contributed by atoms with Gasteiger partial charge in [0.25, 0.3) is 11.2 Å². The summed E-state index contributed by atoms with van der Waals surface area (Å²) in [6.45, 7) is 2.00. The van der Waals surface area contributed by atoms with Crippen LogP contribution in [0.1, 0.15) is 5.56 Å². The summed E-state index contributed by atoms with van der Waals surface area (Å²) in [6, 6.07) is 8.08. The highest BCUT2D eigenvalue weighted by Gasteiger charge is 2.11. The summed E-state index contributed by atoms with van der Waals surface area (Å²) in [6.07, 6.45) is 1.22. The van der Waals surface area contributed by atoms with Crippen LogP contribution in [0.5, 0.6) is 5.75 Å². The number of hydrogen-bond donors (Lipinski definition) is 0. The van der Waals surface area contributed by atoms with E-state index in [1.165, 1.54) is 16.8 Å². The molecule has 0 radical (unpaired) electrons. The molecule has 0 saturated carbocycles. The summed E-state index contributed by atoms with van der Waals surface area (Å²) in [7, 11) is 0. The van der Waals surface area contributed by atoms with Gasteiger partial charge in [-0.1, -0.05) is 11.6 Å². The Morgan fingerprint density at radius 2 is 2.00 bits per heavy atom. The Morgan fingerprint density at radius 1 is 1.33 bits per heavy atom. The summed E-state index contributed by atoms with van der Waals surface area (Å²) < 4.78 is 6.75. The molecule has 2 aromatic rings. The lowest BCUT2D eigenvalue weighted by atomic mass is 10.3. The van der Waals surface area contributed by atoms with Crippen molar-refractivity contribution in [1.82, 2.24) is 4.57 Å². The van der Waals surface area contributed by atoms with Crippen molar-refractivity contribution in [2.24, 2.45) is 0 Å². The van der Waals surface area contributed by atoms with Gasteiger partial charge in [0.2, 0.25) is 0 Å². The molecule has 0 bridgehead atoms. The van der Waals surface area contributed by atoms with Crippen molar-refractivity contribution in [2.75, 3.05) is 6.61 Å². The molecule has 6 nitrogen and oxygen atoms in total. The Labute approximate surface area is 125 Å². The highest BCUT2D eigenvalue weighted by molar-refractivity contribution is 6.30. The Kier molecular flexibility index (Phi) is 4.59. The first-order valence-electron chi connectivity index (χ1n) is 6.21. The third kappa shape index (κ3) is 3.82. The van der Waals surface area contributed by atoms with Gasteiger partial charge in [-0.25, -0.2) is 0 Å². The molecule has 0 aliphatic carbocycles. The number of halogens is 1. The smallest absolute Gasteiger partial charge is 0.286 e. The van der Waals surface area contributed by atoms with Gasteiger partial charge in [-0.3, -0.25) is 14.9 Å². The minimum absolute atomic E-state index is 0.112. The van der Waals surface area contributed by atoms with Gasteiger partial charge in [0.15, 0.2) is 0 Å². The minimum Gasteiger partial charge on any atom is -0.492 e. The van der Waals surface area contributed by atoms with Crippen LogP contribution in [-0.4, -0.2) is 16.1 Å². The molecule has 1 aromatic heterocycles. The SMILES string of the molecule is Cc1cc([N+](=O)[O-])cn(CCOc2ccc(Cl)cc2)c1=O. The predicted molar refractivity (Wildman–Crippen MR) is 79.0 cm³/mol. The molecule has 0 spiro atoms. The number of hydrogen-bond acceptors (Lipinski definition) is 4. The van der Waals surface area contributed by atoms with Crippen molar-refractivity contribution >= 4 is 17.3 Å². The second kappa shape index (κ2) is 6.41. The van der Waals surface area contributed by atoms with Crippen LogP contribution in [0.15, 0.2) is 41.3 Å². The summed E-state index contributed by atoms with van der Waals surface area (Å²) in [4.78, 5) is 22.2. The van der Waals surface area contributed by atoms with Crippen LogP contribution < -0.4 is 10.3 Å². The number of rotatable bonds is 5. The second-order valence-electron chi connectivity index (χ2n) is 4.44. The van der Waals surface area contributed by atoms with Crippen LogP contribution in [0.2, 0.25) is 5.02 Å². The van der Waals surface area contributed by atoms with E-state index in [1.54, 1.807) is 31.2 Å². The van der Waals surface area contributed by atoms with Crippen LogP contribution in [0.4, 0.5) is 5.69 Å². The van der Waals surface area contributed by atoms with Gasteiger partial charge in [-0.05, 0) is 31.2 Å². The van der Waals surface area contributed by atoms with Gasteiger partial charge >= 0.3 is 0 Å². The number of pyridine rings is 1. The molecule has 1 heterocycles. The van der Waals surface area contributed by atoms with Crippen molar-refractivity contribution in [3.05, 3.63) is 67.6 Å². The van der Waals surface area contributed by atoms with E-state index in [0.29, 0.717) is 16.3 Å². The molecule has 1 aromatic carbocycles. The molecule has 0 atom stereocenters. The zero-order chi connectivity index (χ0) is 15.4. The molecule has 7 heteroatoms. The van der Waals surface area contributed by atoms with Crippen molar-refractivity contribution < 1.29 is 9.66 Å². The van der Waals surface area contributed by atoms with Crippen LogP contribution >= 0.6 is 11.6 Å². The fourth-order valence-electron chi connectivity index (χ4n) is 1.82. The molecule has 110 valence electrons. The van der Waals surface area contributed by atoms with Gasteiger partial charge < -0.3 is 9.30 Å². The molecule has 21 heavy (non-hydrogen) atoms. The van der Waals surface area contributed by atoms with E-state index in [2.05, 4.69) is 0 Å². The summed E-state index contributed by atoms with van der Waals surface area (Å²) in [5.41, 5.74) is -0.0467. The number of benzene rings is 1. The molecule has 0 fully saturated rings. The van der Waals surface area contributed by atoms with Crippen LogP contribution in [0.25, 0.3) is 0 Å². The lowest BCUT2D eigenvalue weighted by molar-refractivity contribution is -0.385. The van der Waals surface area contributed by atoms with Crippen LogP contribution in [0, 0.1) is 17.0 Å². The molecular weight excluding hydrogens is 296 g/mol. The fourth-order valence-corrected chi connectivity index (χ4v) is 1.95. The second-order valence-corrected chi connectivity index (χ2v) is 4.88. The highest BCUT2D eigenvalue weighted by atomic mass is 35.5. The van der Waals surface area contributed by atoms with Gasteiger partial charge in [-0.15, -0.1) is 0 Å². The molecule has 0 aliphatic rings. The monoisotopic (exact) mass is 308 g/mol. The average Bonchev–Trinajstić information content (AvgIpc) is 2.45. The van der Waals surface area contributed by atoms with E-state index in [0.717, 1.165) is 0 Å². The summed E-state index contributed by atoms with van der Waals surface area (Å²) in [5, 5.41) is 11.4. The topological polar surface area (TPSA) is 74.4 Å². The minimum atomic E-state index is -0.525. The van der Waals surface area contributed by atoms with Crippen molar-refractivity contribution in [3.8, 4) is 5.75 Å². The zero-order valence-electron chi connectivity index (χ0n) is 11.3. The summed E-state index contributed by atoms with van der Waals surface area (Å²) in [5.74, 6) is 0.620. The van der Waals surface area contributed by atoms with Crippen LogP contribution in [-0.2, 0) is 6.54 Å². The van der Waals surface area contributed by atoms with Gasteiger partial charge in [-0.2, -0.15) is 0 Å². The molecule has 2 rings (SSSR count). The molecule has 0 amide bonds. The van der Waals surface area contributed by atoms with E-state index in [4.69, 9.17) is 16.3 Å². The number of nitro groups is 1. The Bertz CT molecular complexity index is 710. The maximum absolute atomic E-state index is 11.9. The largest absolute Gasteiger partial charge is 0.492 e. The first kappa shape index (κ1) is 15.1. The van der Waals surface area contributed by atoms with E-state index in [1.807, 2.05) is 0 Å². The van der Waals surface area contributed by atoms with E-state index >= 15 is 0 Å². The van der Waals surface area contributed by atoms with E-state index in [-0.39, 0.29) is 24.4 Å². The average molecular weight is 309 g/mol. The normalized spacial score (nSPS) is 10.4. The fraction of sp³-hybridized carbons (Fsp3) is 0.214. The Balaban J connectivity index is 2.07. The van der Waals surface area contributed by atoms with Crippen molar-refractivity contribution in [2.45, 2.75) is 13.5 Å². The first-order valence-corrected chi connectivity index (χ1v) is 6.59. The maximum atomic E-state index is 11.9. The van der Waals surface area contributed by atoms with Crippen molar-refractivity contribution in [1.29, 1.82) is 0 Å². The number of aryl methyl sites for hydroxylation is 1. The van der Waals surface area contributed by atoms with Gasteiger partial charge in [0.1, 0.15) is 12.4 Å². The zero-order valence-corrected chi connectivity index (χ0v) is 12.0. The predicted octanol–water partition coefficient (Wildman–Crippen LogP) is 2.80. The molecule has 0 unspecified atom stereocenters. The highest BCUT2D eigenvalue weighted by Crippen LogP contribution is 2.15. The molecule has 0 aliphatic heterocycles. The third-order valence-corrected chi connectivity index (χ3v) is 3.13. The lowest BCUT2D eigenvalue weighted by Crippen LogP contribution is -2.24. The molecule has 0 saturated heterocycles. The summed E-state index contributed by atoms with van der Waals surface area (Å²) >= 11 is 5.76. The number of nitrogens with zero attached hydrogens (tertiary/aromatic N) is 2. The molecule has 0 N–H and O–H groups in total. The van der Waals surface area contributed by atoms with Crippen LogP contribution in [0.3, 0.4) is 0 Å². The number of aromatic nitrogens is 1. The maximum Gasteiger partial charge on any atom is 0.286 e. The lowest BCUT2D eigenvalue weighted by Gasteiger charge is -2.09. The van der Waals surface area contributed by atoms with Crippen molar-refractivity contribution in [3.63, 3.8) is 0 Å². The van der Waals surface area contributed by atoms with E-state index < -0.39 is 4.92 Å².